The minimum Gasteiger partial charge on any atom is -0.384 e. The normalized spacial score (nSPS) is 21.6. The van der Waals surface area contributed by atoms with Crippen LogP contribution in [-0.4, -0.2) is 78.7 Å². The highest BCUT2D eigenvalue weighted by Crippen LogP contribution is 2.32. The van der Waals surface area contributed by atoms with Crippen molar-refractivity contribution in [2.45, 2.75) is 44.6 Å². The third kappa shape index (κ3) is 4.83. The van der Waals surface area contributed by atoms with Crippen LogP contribution in [0, 0.1) is 0 Å². The molecular formula is C23H31N5O4. The average Bonchev–Trinajstić information content (AvgIpc) is 3.05. The number of piperazine rings is 1. The molecule has 1 aromatic carbocycles. The second kappa shape index (κ2) is 10.2. The SMILES string of the molecule is O=C1CCC(N2C(=O)c3cccc(NCCCCCCN4CCNCC4)c3C2=O)C(=O)N1. The third-order valence-electron chi connectivity index (χ3n) is 6.39. The molecule has 9 heteroatoms. The summed E-state index contributed by atoms with van der Waals surface area (Å²) in [7, 11) is 0. The van der Waals surface area contributed by atoms with Crippen molar-refractivity contribution in [3.8, 4) is 0 Å². The van der Waals surface area contributed by atoms with Crippen LogP contribution in [0.2, 0.25) is 0 Å². The first kappa shape index (κ1) is 22.4. The van der Waals surface area contributed by atoms with Gasteiger partial charge in [-0.25, -0.2) is 0 Å². The van der Waals surface area contributed by atoms with Gasteiger partial charge in [-0.1, -0.05) is 18.9 Å². The van der Waals surface area contributed by atoms with Gasteiger partial charge in [-0.05, 0) is 37.9 Å². The molecular weight excluding hydrogens is 410 g/mol. The Kier molecular flexibility index (Phi) is 7.16. The number of fused-ring (bicyclic) bond motifs is 1. The maximum absolute atomic E-state index is 13.1. The van der Waals surface area contributed by atoms with Gasteiger partial charge < -0.3 is 15.5 Å². The topological polar surface area (TPSA) is 111 Å². The Labute approximate surface area is 187 Å². The average molecular weight is 442 g/mol. The van der Waals surface area contributed by atoms with Crippen molar-refractivity contribution in [2.75, 3.05) is 44.6 Å². The first-order chi connectivity index (χ1) is 15.6. The first-order valence-electron chi connectivity index (χ1n) is 11.6. The minimum atomic E-state index is -0.941. The smallest absolute Gasteiger partial charge is 0.264 e. The number of nitrogens with zero attached hydrogens (tertiary/aromatic N) is 2. The van der Waals surface area contributed by atoms with Crippen molar-refractivity contribution < 1.29 is 19.2 Å². The Bertz CT molecular complexity index is 896. The predicted octanol–water partition coefficient (Wildman–Crippen LogP) is 0.965. The Morgan fingerprint density at radius 3 is 2.53 bits per heavy atom. The maximum Gasteiger partial charge on any atom is 0.264 e. The van der Waals surface area contributed by atoms with Gasteiger partial charge >= 0.3 is 0 Å². The largest absolute Gasteiger partial charge is 0.384 e. The van der Waals surface area contributed by atoms with Gasteiger partial charge in [0.2, 0.25) is 11.8 Å². The standard InChI is InChI=1S/C23H31N5O4/c29-19-9-8-18(21(30)26-19)28-22(31)16-6-5-7-17(20(16)23(28)32)25-10-3-1-2-4-13-27-14-11-24-12-15-27/h5-7,18,24-25H,1-4,8-15H2,(H,26,29,30). The van der Waals surface area contributed by atoms with Gasteiger partial charge in [-0.3, -0.25) is 29.4 Å². The number of benzene rings is 1. The summed E-state index contributed by atoms with van der Waals surface area (Å²) in [6.07, 6.45) is 4.71. The van der Waals surface area contributed by atoms with E-state index in [0.29, 0.717) is 23.4 Å². The summed E-state index contributed by atoms with van der Waals surface area (Å²) < 4.78 is 0. The van der Waals surface area contributed by atoms with Gasteiger partial charge in [0.15, 0.2) is 0 Å². The number of imide groups is 2. The van der Waals surface area contributed by atoms with Crippen LogP contribution >= 0.6 is 0 Å². The van der Waals surface area contributed by atoms with Crippen molar-refractivity contribution in [3.63, 3.8) is 0 Å². The van der Waals surface area contributed by atoms with E-state index in [1.165, 1.54) is 12.8 Å². The van der Waals surface area contributed by atoms with Gasteiger partial charge in [0.1, 0.15) is 6.04 Å². The first-order valence-corrected chi connectivity index (χ1v) is 11.6. The molecule has 0 spiro atoms. The molecule has 4 rings (SSSR count). The second-order valence-electron chi connectivity index (χ2n) is 8.61. The Morgan fingerprint density at radius 2 is 1.75 bits per heavy atom. The Hall–Kier alpha value is -2.78. The number of anilines is 1. The molecule has 2 saturated heterocycles. The van der Waals surface area contributed by atoms with Gasteiger partial charge in [-0.15, -0.1) is 0 Å². The molecule has 4 amide bonds. The Balaban J connectivity index is 1.28. The highest BCUT2D eigenvalue weighted by Gasteiger charge is 2.45. The monoisotopic (exact) mass is 441 g/mol. The zero-order valence-corrected chi connectivity index (χ0v) is 18.3. The lowest BCUT2D eigenvalue weighted by molar-refractivity contribution is -0.136. The number of amides is 4. The summed E-state index contributed by atoms with van der Waals surface area (Å²) in [6, 6.07) is 4.21. The molecule has 1 unspecified atom stereocenters. The van der Waals surface area contributed by atoms with Crippen LogP contribution in [0.15, 0.2) is 18.2 Å². The van der Waals surface area contributed by atoms with E-state index in [2.05, 4.69) is 20.9 Å². The van der Waals surface area contributed by atoms with Crippen molar-refractivity contribution in [1.29, 1.82) is 0 Å². The molecule has 0 aliphatic carbocycles. The lowest BCUT2D eigenvalue weighted by Gasteiger charge is -2.27. The van der Waals surface area contributed by atoms with Crippen LogP contribution in [0.4, 0.5) is 5.69 Å². The van der Waals surface area contributed by atoms with Gasteiger partial charge in [0, 0.05) is 44.8 Å². The van der Waals surface area contributed by atoms with Crippen LogP contribution in [0.1, 0.15) is 59.2 Å². The number of hydrogen-bond acceptors (Lipinski definition) is 7. The number of piperidine rings is 1. The van der Waals surface area contributed by atoms with Crippen molar-refractivity contribution >= 4 is 29.3 Å². The summed E-state index contributed by atoms with van der Waals surface area (Å²) >= 11 is 0. The summed E-state index contributed by atoms with van der Waals surface area (Å²) in [5.41, 5.74) is 1.25. The van der Waals surface area contributed by atoms with Crippen molar-refractivity contribution in [3.05, 3.63) is 29.3 Å². The number of rotatable bonds is 9. The molecule has 3 heterocycles. The van der Waals surface area contributed by atoms with Crippen LogP contribution in [-0.2, 0) is 9.59 Å². The molecule has 2 fully saturated rings. The van der Waals surface area contributed by atoms with Crippen LogP contribution in [0.5, 0.6) is 0 Å². The number of carbonyl (C=O) groups excluding carboxylic acids is 4. The molecule has 0 aromatic heterocycles. The number of unbranched alkanes of at least 4 members (excludes halogenated alkanes) is 3. The van der Waals surface area contributed by atoms with Crippen molar-refractivity contribution in [2.24, 2.45) is 0 Å². The maximum atomic E-state index is 13.1. The van der Waals surface area contributed by atoms with Crippen LogP contribution < -0.4 is 16.0 Å². The van der Waals surface area contributed by atoms with Crippen LogP contribution in [0.3, 0.4) is 0 Å². The number of carbonyl (C=O) groups is 4. The van der Waals surface area contributed by atoms with E-state index in [1.807, 2.05) is 0 Å². The van der Waals surface area contributed by atoms with E-state index in [4.69, 9.17) is 0 Å². The minimum absolute atomic E-state index is 0.115. The molecule has 172 valence electrons. The highest BCUT2D eigenvalue weighted by atomic mass is 16.2. The summed E-state index contributed by atoms with van der Waals surface area (Å²) in [5.74, 6) is -1.92. The zero-order valence-electron chi connectivity index (χ0n) is 18.3. The molecule has 0 saturated carbocycles. The van der Waals surface area contributed by atoms with E-state index < -0.39 is 23.8 Å². The highest BCUT2D eigenvalue weighted by molar-refractivity contribution is 6.25. The number of hydrogen-bond donors (Lipinski definition) is 3. The van der Waals surface area contributed by atoms with E-state index in [1.54, 1.807) is 18.2 Å². The van der Waals surface area contributed by atoms with E-state index in [9.17, 15) is 19.2 Å². The summed E-state index contributed by atoms with van der Waals surface area (Å²) in [6.45, 7) is 6.27. The Morgan fingerprint density at radius 1 is 0.969 bits per heavy atom. The molecule has 1 atom stereocenters. The van der Waals surface area contributed by atoms with Crippen molar-refractivity contribution in [1.82, 2.24) is 20.4 Å². The summed E-state index contributed by atoms with van der Waals surface area (Å²) in [4.78, 5) is 53.1. The summed E-state index contributed by atoms with van der Waals surface area (Å²) in [5, 5.41) is 8.89. The van der Waals surface area contributed by atoms with Gasteiger partial charge in [-0.2, -0.15) is 0 Å². The third-order valence-corrected chi connectivity index (χ3v) is 6.39. The molecule has 3 aliphatic rings. The second-order valence-corrected chi connectivity index (χ2v) is 8.61. The number of nitrogens with one attached hydrogen (secondary N) is 3. The fraction of sp³-hybridized carbons (Fsp3) is 0.565. The predicted molar refractivity (Wildman–Crippen MR) is 119 cm³/mol. The van der Waals surface area contributed by atoms with Crippen LogP contribution in [0.25, 0.3) is 0 Å². The van der Waals surface area contributed by atoms with E-state index in [-0.39, 0.29) is 18.7 Å². The molecule has 3 N–H and O–H groups in total. The molecule has 3 aliphatic heterocycles. The van der Waals surface area contributed by atoms with E-state index >= 15 is 0 Å². The molecule has 9 nitrogen and oxygen atoms in total. The van der Waals surface area contributed by atoms with Gasteiger partial charge in [0.25, 0.3) is 11.8 Å². The molecule has 1 aromatic rings. The molecule has 32 heavy (non-hydrogen) atoms. The van der Waals surface area contributed by atoms with Gasteiger partial charge in [0.05, 0.1) is 11.1 Å². The van der Waals surface area contributed by atoms with E-state index in [0.717, 1.165) is 50.5 Å². The lowest BCUT2D eigenvalue weighted by Crippen LogP contribution is -2.54. The fourth-order valence-electron chi connectivity index (χ4n) is 4.63. The lowest BCUT2D eigenvalue weighted by atomic mass is 10.0. The molecule has 0 bridgehead atoms. The fourth-order valence-corrected chi connectivity index (χ4v) is 4.63. The zero-order chi connectivity index (χ0) is 22.5. The molecule has 0 radical (unpaired) electrons. The quantitative estimate of drug-likeness (QED) is 0.387.